The number of amides is 1. The molecule has 0 unspecified atom stereocenters. The summed E-state index contributed by atoms with van der Waals surface area (Å²) in [6, 6.07) is 16.0. The first kappa shape index (κ1) is 21.3. The zero-order valence-corrected chi connectivity index (χ0v) is 18.0. The van der Waals surface area contributed by atoms with Crippen LogP contribution in [0.15, 0.2) is 71.9 Å². The van der Waals surface area contributed by atoms with Crippen LogP contribution in [-0.4, -0.2) is 36.7 Å². The van der Waals surface area contributed by atoms with Crippen molar-refractivity contribution in [2.75, 3.05) is 6.54 Å². The number of carbonyl (C=O) groups excluding carboxylic acids is 1. The van der Waals surface area contributed by atoms with Gasteiger partial charge in [0, 0.05) is 24.3 Å². The summed E-state index contributed by atoms with van der Waals surface area (Å²) in [7, 11) is -3.63. The first-order chi connectivity index (χ1) is 15.0. The Bertz CT molecular complexity index is 1140. The molecule has 1 heterocycles. The largest absolute Gasteiger partial charge is 0.352 e. The van der Waals surface area contributed by atoms with Crippen LogP contribution in [0.25, 0.3) is 5.69 Å². The molecule has 0 bridgehead atoms. The van der Waals surface area contributed by atoms with Crippen LogP contribution in [0.1, 0.15) is 41.6 Å². The maximum Gasteiger partial charge on any atom is 0.251 e. The molecule has 0 radical (unpaired) electrons. The lowest BCUT2D eigenvalue weighted by Crippen LogP contribution is -2.33. The van der Waals surface area contributed by atoms with Gasteiger partial charge in [0.1, 0.15) is 0 Å². The number of carbonyl (C=O) groups is 1. The number of nitrogens with one attached hydrogen (secondary N) is 2. The van der Waals surface area contributed by atoms with E-state index in [0.29, 0.717) is 18.5 Å². The van der Waals surface area contributed by atoms with Gasteiger partial charge in [-0.3, -0.25) is 4.79 Å². The number of rotatable bonds is 8. The van der Waals surface area contributed by atoms with Crippen molar-refractivity contribution in [2.24, 2.45) is 0 Å². The highest BCUT2D eigenvalue weighted by molar-refractivity contribution is 7.89. The Morgan fingerprint density at radius 2 is 1.84 bits per heavy atom. The molecule has 0 aliphatic heterocycles. The van der Waals surface area contributed by atoms with E-state index < -0.39 is 10.0 Å². The molecule has 1 saturated carbocycles. The van der Waals surface area contributed by atoms with Crippen LogP contribution >= 0.6 is 0 Å². The van der Waals surface area contributed by atoms with Crippen molar-refractivity contribution in [2.45, 2.75) is 43.0 Å². The van der Waals surface area contributed by atoms with Gasteiger partial charge in [-0.2, -0.15) is 5.10 Å². The molecular formula is C23H26N4O3S. The van der Waals surface area contributed by atoms with Crippen LogP contribution < -0.4 is 10.0 Å². The summed E-state index contributed by atoms with van der Waals surface area (Å²) in [4.78, 5) is 12.7. The molecule has 4 rings (SSSR count). The Balaban J connectivity index is 1.34. The van der Waals surface area contributed by atoms with E-state index in [9.17, 15) is 13.2 Å². The van der Waals surface area contributed by atoms with Crippen LogP contribution in [-0.2, 0) is 16.4 Å². The van der Waals surface area contributed by atoms with E-state index in [1.54, 1.807) is 23.0 Å². The van der Waals surface area contributed by atoms with E-state index in [1.165, 1.54) is 12.1 Å². The van der Waals surface area contributed by atoms with E-state index in [4.69, 9.17) is 0 Å². The second-order valence-electron chi connectivity index (χ2n) is 7.77. The summed E-state index contributed by atoms with van der Waals surface area (Å²) in [6.45, 7) is 0.427. The molecule has 8 heteroatoms. The molecule has 0 saturated heterocycles. The summed E-state index contributed by atoms with van der Waals surface area (Å²) < 4.78 is 29.8. The van der Waals surface area contributed by atoms with Gasteiger partial charge in [0.2, 0.25) is 10.0 Å². The van der Waals surface area contributed by atoms with Crippen molar-refractivity contribution < 1.29 is 13.2 Å². The minimum atomic E-state index is -3.63. The summed E-state index contributed by atoms with van der Waals surface area (Å²) in [5.41, 5.74) is 2.30. The third-order valence-corrected chi connectivity index (χ3v) is 6.96. The van der Waals surface area contributed by atoms with E-state index in [-0.39, 0.29) is 16.8 Å². The van der Waals surface area contributed by atoms with Crippen molar-refractivity contribution in [1.82, 2.24) is 19.8 Å². The summed E-state index contributed by atoms with van der Waals surface area (Å²) in [6.07, 6.45) is 8.14. The van der Waals surface area contributed by atoms with E-state index in [1.807, 2.05) is 36.5 Å². The summed E-state index contributed by atoms with van der Waals surface area (Å²) >= 11 is 0. The lowest BCUT2D eigenvalue weighted by Gasteiger charge is -2.13. The average molecular weight is 439 g/mol. The Morgan fingerprint density at radius 3 is 2.61 bits per heavy atom. The second kappa shape index (κ2) is 9.45. The van der Waals surface area contributed by atoms with Crippen LogP contribution in [0, 0.1) is 0 Å². The molecule has 0 spiro atoms. The van der Waals surface area contributed by atoms with Crippen LogP contribution in [0.4, 0.5) is 0 Å². The minimum absolute atomic E-state index is 0.0146. The fraction of sp³-hybridized carbons (Fsp3) is 0.304. The quantitative estimate of drug-likeness (QED) is 0.565. The van der Waals surface area contributed by atoms with Crippen molar-refractivity contribution in [1.29, 1.82) is 0 Å². The Hall–Kier alpha value is -2.97. The SMILES string of the molecule is O=C(NCCc1cnn(-c2ccccc2)c1)c1cccc(S(=O)(=O)NC2CCCC2)c1. The number of sulfonamides is 1. The van der Waals surface area contributed by atoms with Crippen molar-refractivity contribution in [3.05, 3.63) is 78.1 Å². The van der Waals surface area contributed by atoms with Crippen LogP contribution in [0.2, 0.25) is 0 Å². The Labute approximate surface area is 182 Å². The van der Waals surface area contributed by atoms with E-state index in [2.05, 4.69) is 15.1 Å². The van der Waals surface area contributed by atoms with Gasteiger partial charge in [-0.15, -0.1) is 0 Å². The second-order valence-corrected chi connectivity index (χ2v) is 9.48. The summed E-state index contributed by atoms with van der Waals surface area (Å²) in [5.74, 6) is -0.298. The van der Waals surface area contributed by atoms with Gasteiger partial charge < -0.3 is 5.32 Å². The molecule has 1 aromatic heterocycles. The van der Waals surface area contributed by atoms with Gasteiger partial charge in [0.25, 0.3) is 5.91 Å². The number of para-hydroxylation sites is 1. The third-order valence-electron chi connectivity index (χ3n) is 5.44. The highest BCUT2D eigenvalue weighted by Gasteiger charge is 2.23. The third kappa shape index (κ3) is 5.39. The molecule has 2 aromatic carbocycles. The smallest absolute Gasteiger partial charge is 0.251 e. The molecule has 1 aliphatic carbocycles. The first-order valence-electron chi connectivity index (χ1n) is 10.5. The average Bonchev–Trinajstić information content (AvgIpc) is 3.46. The van der Waals surface area contributed by atoms with Gasteiger partial charge in [-0.25, -0.2) is 17.8 Å². The number of nitrogens with zero attached hydrogens (tertiary/aromatic N) is 2. The molecule has 7 nitrogen and oxygen atoms in total. The highest BCUT2D eigenvalue weighted by Crippen LogP contribution is 2.21. The van der Waals surface area contributed by atoms with Gasteiger partial charge in [0.15, 0.2) is 0 Å². The molecule has 162 valence electrons. The normalized spacial score (nSPS) is 14.6. The van der Waals surface area contributed by atoms with Crippen molar-refractivity contribution in [3.8, 4) is 5.69 Å². The lowest BCUT2D eigenvalue weighted by molar-refractivity contribution is 0.0954. The molecule has 31 heavy (non-hydrogen) atoms. The Kier molecular flexibility index (Phi) is 6.48. The van der Waals surface area contributed by atoms with Gasteiger partial charge >= 0.3 is 0 Å². The molecule has 1 aliphatic rings. The predicted octanol–water partition coefficient (Wildman–Crippen LogP) is 3.07. The fourth-order valence-electron chi connectivity index (χ4n) is 3.77. The van der Waals surface area contributed by atoms with Gasteiger partial charge in [0.05, 0.1) is 16.8 Å². The van der Waals surface area contributed by atoms with Gasteiger partial charge in [-0.05, 0) is 55.2 Å². The standard InChI is InChI=1S/C23H26N4O3S/c28-23(24-14-13-18-16-25-27(17-18)21-10-2-1-3-11-21)19-7-6-12-22(15-19)31(29,30)26-20-8-4-5-9-20/h1-3,6-7,10-12,15-17,20,26H,4-5,8-9,13-14H2,(H,24,28). The molecule has 3 aromatic rings. The predicted molar refractivity (Wildman–Crippen MR) is 119 cm³/mol. The maximum absolute atomic E-state index is 12.6. The first-order valence-corrected chi connectivity index (χ1v) is 12.0. The van der Waals surface area contributed by atoms with E-state index in [0.717, 1.165) is 36.9 Å². The van der Waals surface area contributed by atoms with Crippen LogP contribution in [0.3, 0.4) is 0 Å². The van der Waals surface area contributed by atoms with Crippen LogP contribution in [0.5, 0.6) is 0 Å². The molecular weight excluding hydrogens is 412 g/mol. The minimum Gasteiger partial charge on any atom is -0.352 e. The monoisotopic (exact) mass is 438 g/mol. The number of aromatic nitrogens is 2. The number of benzene rings is 2. The summed E-state index contributed by atoms with van der Waals surface area (Å²) in [5, 5.41) is 7.21. The lowest BCUT2D eigenvalue weighted by atomic mass is 10.2. The maximum atomic E-state index is 12.6. The zero-order valence-electron chi connectivity index (χ0n) is 17.2. The number of hydrogen-bond acceptors (Lipinski definition) is 4. The molecule has 1 amide bonds. The molecule has 2 N–H and O–H groups in total. The fourth-order valence-corrected chi connectivity index (χ4v) is 5.12. The van der Waals surface area contributed by atoms with E-state index >= 15 is 0 Å². The molecule has 1 fully saturated rings. The van der Waals surface area contributed by atoms with Gasteiger partial charge in [-0.1, -0.05) is 37.1 Å². The number of hydrogen-bond donors (Lipinski definition) is 2. The Morgan fingerprint density at radius 1 is 1.06 bits per heavy atom. The van der Waals surface area contributed by atoms with Crippen molar-refractivity contribution in [3.63, 3.8) is 0 Å². The zero-order chi connectivity index (χ0) is 21.7. The molecule has 0 atom stereocenters. The van der Waals surface area contributed by atoms with Crippen molar-refractivity contribution >= 4 is 15.9 Å². The highest BCUT2D eigenvalue weighted by atomic mass is 32.2. The topological polar surface area (TPSA) is 93.1 Å².